The largest absolute Gasteiger partial charge is 0.493 e. The van der Waals surface area contributed by atoms with E-state index in [1.54, 1.807) is 0 Å². The predicted molar refractivity (Wildman–Crippen MR) is 63.9 cm³/mol. The summed E-state index contributed by atoms with van der Waals surface area (Å²) in [4.78, 5) is 11.1. The van der Waals surface area contributed by atoms with E-state index in [-0.39, 0.29) is 22.7 Å². The minimum Gasteiger partial charge on any atom is -0.493 e. The molecule has 0 atom stereocenters. The molecule has 21 heavy (non-hydrogen) atoms. The first-order valence-corrected chi connectivity index (χ1v) is 5.53. The lowest BCUT2D eigenvalue weighted by atomic mass is 10.1. The molecule has 118 valence electrons. The Bertz CT molecular complexity index is 542. The number of hydrogen-bond acceptors (Lipinski definition) is 3. The normalized spacial score (nSPS) is 12.0. The van der Waals surface area contributed by atoms with Gasteiger partial charge in [0, 0.05) is 11.8 Å². The molecule has 0 aliphatic carbocycles. The van der Waals surface area contributed by atoms with E-state index in [1.807, 2.05) is 0 Å². The first kappa shape index (κ1) is 17.0. The number of hydrogen-bond donors (Lipinski definition) is 1. The number of carbonyl (C=O) groups excluding carboxylic acids is 1. The summed E-state index contributed by atoms with van der Waals surface area (Å²) in [5.41, 5.74) is 0.000509. The van der Waals surface area contributed by atoms with Gasteiger partial charge in [0.05, 0.1) is 14.2 Å². The molecule has 1 aromatic carbocycles. The van der Waals surface area contributed by atoms with Crippen molar-refractivity contribution in [2.24, 2.45) is 0 Å². The van der Waals surface area contributed by atoms with E-state index < -0.39 is 18.0 Å². The summed E-state index contributed by atoms with van der Waals surface area (Å²) < 4.78 is 71.9. The molecule has 0 unspecified atom stereocenters. The summed E-state index contributed by atoms with van der Waals surface area (Å²) in [6.45, 7) is 1.41. The molecule has 1 amide bonds. The first-order chi connectivity index (χ1) is 9.54. The van der Waals surface area contributed by atoms with Crippen LogP contribution in [0.25, 0.3) is 0 Å². The van der Waals surface area contributed by atoms with Gasteiger partial charge in [0.25, 0.3) is 0 Å². The monoisotopic (exact) mass is 313 g/mol. The van der Waals surface area contributed by atoms with E-state index in [0.717, 1.165) is 6.07 Å². The van der Waals surface area contributed by atoms with Gasteiger partial charge >= 0.3 is 18.0 Å². The lowest BCUT2D eigenvalue weighted by Gasteiger charge is -2.20. The molecule has 1 aromatic rings. The zero-order valence-electron chi connectivity index (χ0n) is 11.3. The maximum atomic E-state index is 12.9. The topological polar surface area (TPSA) is 47.6 Å². The highest BCUT2D eigenvalue weighted by molar-refractivity contribution is 5.97. The van der Waals surface area contributed by atoms with Gasteiger partial charge in [-0.25, -0.2) is 0 Å². The Labute approximate surface area is 116 Å². The average Bonchev–Trinajstić information content (AvgIpc) is 2.38. The smallest absolute Gasteiger partial charge is 0.463 e. The summed E-state index contributed by atoms with van der Waals surface area (Å²) in [5, 5.41) is 1.54. The van der Waals surface area contributed by atoms with Crippen molar-refractivity contribution in [2.45, 2.75) is 19.0 Å². The van der Waals surface area contributed by atoms with E-state index in [4.69, 9.17) is 9.47 Å². The fourth-order valence-electron chi connectivity index (χ4n) is 1.44. The number of halogens is 5. The number of nitrogens with one attached hydrogen (secondary N) is 1. The van der Waals surface area contributed by atoms with Crippen LogP contribution in [0.2, 0.25) is 0 Å². The van der Waals surface area contributed by atoms with Gasteiger partial charge < -0.3 is 14.8 Å². The standard InChI is InChI=1S/C12H12F5NO3/c1-6-4-8(20-2)9(21-3)5-7(6)18-10(19)11(13,14)12(15,16)17/h4-5H,1-3H3,(H,18,19). The predicted octanol–water partition coefficient (Wildman–Crippen LogP) is 3.15. The molecule has 0 aliphatic heterocycles. The van der Waals surface area contributed by atoms with Crippen molar-refractivity contribution >= 4 is 11.6 Å². The molecule has 0 saturated heterocycles. The van der Waals surface area contributed by atoms with Gasteiger partial charge in [0.15, 0.2) is 11.5 Å². The van der Waals surface area contributed by atoms with Crippen LogP contribution < -0.4 is 14.8 Å². The van der Waals surface area contributed by atoms with E-state index in [9.17, 15) is 26.7 Å². The first-order valence-electron chi connectivity index (χ1n) is 5.53. The van der Waals surface area contributed by atoms with Crippen LogP contribution in [0.4, 0.5) is 27.6 Å². The lowest BCUT2D eigenvalue weighted by molar-refractivity contribution is -0.267. The van der Waals surface area contributed by atoms with Crippen LogP contribution in [0.1, 0.15) is 5.56 Å². The van der Waals surface area contributed by atoms with Gasteiger partial charge in [-0.05, 0) is 18.6 Å². The highest BCUT2D eigenvalue weighted by atomic mass is 19.4. The lowest BCUT2D eigenvalue weighted by Crippen LogP contribution is -2.47. The number of benzene rings is 1. The fourth-order valence-corrected chi connectivity index (χ4v) is 1.44. The van der Waals surface area contributed by atoms with Gasteiger partial charge in [0.2, 0.25) is 0 Å². The molecule has 0 radical (unpaired) electrons. The number of alkyl halides is 5. The van der Waals surface area contributed by atoms with Crippen LogP contribution in [0.15, 0.2) is 12.1 Å². The molecule has 0 heterocycles. The number of anilines is 1. The third-order valence-electron chi connectivity index (χ3n) is 2.62. The van der Waals surface area contributed by atoms with Gasteiger partial charge in [-0.15, -0.1) is 0 Å². The second kappa shape index (κ2) is 5.74. The number of methoxy groups -OCH3 is 2. The van der Waals surface area contributed by atoms with E-state index >= 15 is 0 Å². The van der Waals surface area contributed by atoms with E-state index in [0.29, 0.717) is 0 Å². The summed E-state index contributed by atoms with van der Waals surface area (Å²) in [6, 6.07) is 2.43. The zero-order valence-corrected chi connectivity index (χ0v) is 11.3. The Morgan fingerprint density at radius 2 is 1.52 bits per heavy atom. The summed E-state index contributed by atoms with van der Waals surface area (Å²) in [5.74, 6) is -7.64. The summed E-state index contributed by atoms with van der Waals surface area (Å²) >= 11 is 0. The van der Waals surface area contributed by atoms with Crippen molar-refractivity contribution < 1.29 is 36.2 Å². The highest BCUT2D eigenvalue weighted by Crippen LogP contribution is 2.38. The maximum absolute atomic E-state index is 12.9. The van der Waals surface area contributed by atoms with Gasteiger partial charge in [-0.3, -0.25) is 4.79 Å². The van der Waals surface area contributed by atoms with Gasteiger partial charge in [-0.2, -0.15) is 22.0 Å². The Morgan fingerprint density at radius 1 is 1.05 bits per heavy atom. The Hall–Kier alpha value is -2.06. The Morgan fingerprint density at radius 3 is 1.95 bits per heavy atom. The number of carbonyl (C=O) groups is 1. The molecular formula is C12H12F5NO3. The van der Waals surface area contributed by atoms with E-state index in [2.05, 4.69) is 0 Å². The van der Waals surface area contributed by atoms with E-state index in [1.165, 1.54) is 32.5 Å². The third-order valence-corrected chi connectivity index (χ3v) is 2.62. The zero-order chi connectivity index (χ0) is 16.4. The molecule has 0 fully saturated rings. The second-order valence-corrected chi connectivity index (χ2v) is 4.05. The molecule has 9 heteroatoms. The fraction of sp³-hybridized carbons (Fsp3) is 0.417. The SMILES string of the molecule is COc1cc(C)c(NC(=O)C(F)(F)C(F)(F)F)cc1OC. The average molecular weight is 313 g/mol. The minimum absolute atomic E-state index is 0.0775. The van der Waals surface area contributed by atoms with Crippen molar-refractivity contribution in [2.75, 3.05) is 19.5 Å². The van der Waals surface area contributed by atoms with Crippen LogP contribution in [0.5, 0.6) is 11.5 Å². The van der Waals surface area contributed by atoms with Crippen LogP contribution in [-0.4, -0.2) is 32.2 Å². The van der Waals surface area contributed by atoms with Crippen molar-refractivity contribution in [3.8, 4) is 11.5 Å². The highest BCUT2D eigenvalue weighted by Gasteiger charge is 2.63. The molecule has 0 saturated carbocycles. The van der Waals surface area contributed by atoms with Gasteiger partial charge in [0.1, 0.15) is 0 Å². The quantitative estimate of drug-likeness (QED) is 0.869. The molecule has 0 bridgehead atoms. The van der Waals surface area contributed by atoms with Crippen LogP contribution in [-0.2, 0) is 4.79 Å². The van der Waals surface area contributed by atoms with Crippen LogP contribution in [0.3, 0.4) is 0 Å². The van der Waals surface area contributed by atoms with Crippen LogP contribution in [0, 0.1) is 6.92 Å². The molecule has 0 aliphatic rings. The maximum Gasteiger partial charge on any atom is 0.463 e. The van der Waals surface area contributed by atoms with Crippen LogP contribution >= 0.6 is 0 Å². The minimum atomic E-state index is -5.97. The van der Waals surface area contributed by atoms with Crippen molar-refractivity contribution in [3.63, 3.8) is 0 Å². The van der Waals surface area contributed by atoms with Crippen molar-refractivity contribution in [3.05, 3.63) is 17.7 Å². The third kappa shape index (κ3) is 3.34. The van der Waals surface area contributed by atoms with Crippen molar-refractivity contribution in [1.82, 2.24) is 0 Å². The van der Waals surface area contributed by atoms with Gasteiger partial charge in [-0.1, -0.05) is 0 Å². The number of aryl methyl sites for hydroxylation is 1. The van der Waals surface area contributed by atoms with Crippen molar-refractivity contribution in [1.29, 1.82) is 0 Å². The molecular weight excluding hydrogens is 301 g/mol. The summed E-state index contributed by atoms with van der Waals surface area (Å²) in [7, 11) is 2.58. The molecule has 1 N–H and O–H groups in total. The summed E-state index contributed by atoms with van der Waals surface area (Å²) in [6.07, 6.45) is -5.97. The molecule has 0 aromatic heterocycles. The molecule has 4 nitrogen and oxygen atoms in total. The molecule has 1 rings (SSSR count). The number of amides is 1. The Kier molecular flexibility index (Phi) is 4.65. The number of rotatable bonds is 4. The number of ether oxygens (including phenoxy) is 2. The molecule has 0 spiro atoms. The second-order valence-electron chi connectivity index (χ2n) is 4.05. The Balaban J connectivity index is 3.12.